The number of nitrogens with one attached hydrogen (secondary N) is 1. The molecule has 37 heavy (non-hydrogen) atoms. The molecular formula is C30H30N2O4S. The van der Waals surface area contributed by atoms with E-state index in [1.165, 1.54) is 16.4 Å². The standard InChI is InChI=1S/C30H30N2O4S/c1-3-29(36-27-19-15-24(16-20-27)23-11-7-5-8-12-23)30(33)31-25-17-21-28(22-18-25)37(34,35)32(4-2)26-13-9-6-10-14-26/h5-22,29H,3-4H2,1-2H3,(H,31,33). The second-order valence-corrected chi connectivity index (χ2v) is 10.3. The number of hydrogen-bond acceptors (Lipinski definition) is 4. The number of amides is 1. The second-order valence-electron chi connectivity index (χ2n) is 8.42. The van der Waals surface area contributed by atoms with Crippen LogP contribution in [0.5, 0.6) is 5.75 Å². The molecular weight excluding hydrogens is 484 g/mol. The first-order valence-electron chi connectivity index (χ1n) is 12.2. The predicted molar refractivity (Wildman–Crippen MR) is 148 cm³/mol. The lowest BCUT2D eigenvalue weighted by Gasteiger charge is -2.23. The lowest BCUT2D eigenvalue weighted by Crippen LogP contribution is -2.32. The molecule has 0 saturated carbocycles. The number of hydrogen-bond donors (Lipinski definition) is 1. The van der Waals surface area contributed by atoms with Gasteiger partial charge in [0.2, 0.25) is 0 Å². The summed E-state index contributed by atoms with van der Waals surface area (Å²) in [4.78, 5) is 13.0. The van der Waals surface area contributed by atoms with E-state index in [0.717, 1.165) is 11.1 Å². The number of rotatable bonds is 10. The van der Waals surface area contributed by atoms with Gasteiger partial charge >= 0.3 is 0 Å². The van der Waals surface area contributed by atoms with E-state index in [9.17, 15) is 13.2 Å². The van der Waals surface area contributed by atoms with E-state index in [1.54, 1.807) is 43.3 Å². The summed E-state index contributed by atoms with van der Waals surface area (Å²) < 4.78 is 33.7. The molecule has 0 heterocycles. The van der Waals surface area contributed by atoms with Crippen molar-refractivity contribution in [2.24, 2.45) is 0 Å². The average molecular weight is 515 g/mol. The van der Waals surface area contributed by atoms with Gasteiger partial charge in [-0.25, -0.2) is 8.42 Å². The molecule has 0 aliphatic rings. The van der Waals surface area contributed by atoms with Crippen molar-refractivity contribution >= 4 is 27.3 Å². The third kappa shape index (κ3) is 6.19. The van der Waals surface area contributed by atoms with Crippen LogP contribution in [0.2, 0.25) is 0 Å². The molecule has 0 aromatic heterocycles. The minimum atomic E-state index is -3.74. The molecule has 4 aromatic rings. The van der Waals surface area contributed by atoms with Crippen LogP contribution in [0.4, 0.5) is 11.4 Å². The third-order valence-electron chi connectivity index (χ3n) is 5.94. The highest BCUT2D eigenvalue weighted by molar-refractivity contribution is 7.92. The Morgan fingerprint density at radius 1 is 0.784 bits per heavy atom. The lowest BCUT2D eigenvalue weighted by atomic mass is 10.1. The van der Waals surface area contributed by atoms with Gasteiger partial charge in [-0.2, -0.15) is 0 Å². The van der Waals surface area contributed by atoms with Crippen LogP contribution in [0.1, 0.15) is 20.3 Å². The van der Waals surface area contributed by atoms with Crippen LogP contribution in [0, 0.1) is 0 Å². The van der Waals surface area contributed by atoms with Crippen molar-refractivity contribution in [3.63, 3.8) is 0 Å². The van der Waals surface area contributed by atoms with Gasteiger partial charge < -0.3 is 10.1 Å². The topological polar surface area (TPSA) is 75.7 Å². The lowest BCUT2D eigenvalue weighted by molar-refractivity contribution is -0.122. The number of ether oxygens (including phenoxy) is 1. The van der Waals surface area contributed by atoms with E-state index in [0.29, 0.717) is 30.1 Å². The number of para-hydroxylation sites is 1. The number of carbonyl (C=O) groups is 1. The Hall–Kier alpha value is -4.10. The highest BCUT2D eigenvalue weighted by Gasteiger charge is 2.24. The van der Waals surface area contributed by atoms with E-state index in [2.05, 4.69) is 5.32 Å². The summed E-state index contributed by atoms with van der Waals surface area (Å²) in [6.07, 6.45) is -0.221. The molecule has 6 nitrogen and oxygen atoms in total. The molecule has 190 valence electrons. The summed E-state index contributed by atoms with van der Waals surface area (Å²) in [7, 11) is -3.74. The Morgan fingerprint density at radius 2 is 1.35 bits per heavy atom. The van der Waals surface area contributed by atoms with Crippen LogP contribution in [-0.2, 0) is 14.8 Å². The molecule has 1 unspecified atom stereocenters. The first kappa shape index (κ1) is 26.0. The Labute approximate surface area is 218 Å². The third-order valence-corrected chi connectivity index (χ3v) is 7.86. The van der Waals surface area contributed by atoms with Crippen molar-refractivity contribution in [1.29, 1.82) is 0 Å². The van der Waals surface area contributed by atoms with Gasteiger partial charge in [0, 0.05) is 12.2 Å². The number of nitrogens with zero attached hydrogens (tertiary/aromatic N) is 1. The van der Waals surface area contributed by atoms with Crippen molar-refractivity contribution in [3.05, 3.63) is 109 Å². The van der Waals surface area contributed by atoms with Gasteiger partial charge in [-0.05, 0) is 73.0 Å². The smallest absolute Gasteiger partial charge is 0.265 e. The molecule has 0 aliphatic carbocycles. The maximum atomic E-state index is 13.2. The van der Waals surface area contributed by atoms with Crippen LogP contribution in [0.25, 0.3) is 11.1 Å². The molecule has 0 spiro atoms. The van der Waals surface area contributed by atoms with E-state index in [1.807, 2.05) is 67.6 Å². The summed E-state index contributed by atoms with van der Waals surface area (Å²) in [5, 5.41) is 2.83. The Kier molecular flexibility index (Phi) is 8.25. The van der Waals surface area contributed by atoms with Crippen molar-refractivity contribution in [2.75, 3.05) is 16.2 Å². The molecule has 1 amide bonds. The van der Waals surface area contributed by atoms with Gasteiger partial charge in [0.1, 0.15) is 5.75 Å². The summed E-state index contributed by atoms with van der Waals surface area (Å²) in [5.41, 5.74) is 3.26. The van der Waals surface area contributed by atoms with Crippen LogP contribution < -0.4 is 14.4 Å². The fraction of sp³-hybridized carbons (Fsp3) is 0.167. The average Bonchev–Trinajstić information content (AvgIpc) is 2.93. The highest BCUT2D eigenvalue weighted by atomic mass is 32.2. The van der Waals surface area contributed by atoms with Gasteiger partial charge in [-0.15, -0.1) is 0 Å². The summed E-state index contributed by atoms with van der Waals surface area (Å²) >= 11 is 0. The van der Waals surface area contributed by atoms with Crippen LogP contribution in [-0.4, -0.2) is 27.0 Å². The Morgan fingerprint density at radius 3 is 1.92 bits per heavy atom. The van der Waals surface area contributed by atoms with Gasteiger partial charge in [0.25, 0.3) is 15.9 Å². The monoisotopic (exact) mass is 514 g/mol. The van der Waals surface area contributed by atoms with Crippen molar-refractivity contribution in [3.8, 4) is 16.9 Å². The van der Waals surface area contributed by atoms with E-state index in [-0.39, 0.29) is 10.8 Å². The molecule has 0 bridgehead atoms. The quantitative estimate of drug-likeness (QED) is 0.267. The molecule has 7 heteroatoms. The molecule has 4 rings (SSSR count). The van der Waals surface area contributed by atoms with Crippen molar-refractivity contribution in [1.82, 2.24) is 0 Å². The number of benzene rings is 4. The largest absolute Gasteiger partial charge is 0.481 e. The summed E-state index contributed by atoms with van der Waals surface area (Å²) in [6, 6.07) is 32.8. The fourth-order valence-corrected chi connectivity index (χ4v) is 5.46. The molecule has 0 fully saturated rings. The van der Waals surface area contributed by atoms with E-state index >= 15 is 0 Å². The van der Waals surface area contributed by atoms with Gasteiger partial charge in [-0.3, -0.25) is 9.10 Å². The van der Waals surface area contributed by atoms with Crippen LogP contribution >= 0.6 is 0 Å². The molecule has 1 N–H and O–H groups in total. The zero-order chi connectivity index (χ0) is 26.3. The number of carbonyl (C=O) groups excluding carboxylic acids is 1. The number of anilines is 2. The molecule has 0 saturated heterocycles. The minimum absolute atomic E-state index is 0.151. The zero-order valence-corrected chi connectivity index (χ0v) is 21.7. The predicted octanol–water partition coefficient (Wildman–Crippen LogP) is 6.36. The first-order valence-corrected chi connectivity index (χ1v) is 13.7. The summed E-state index contributed by atoms with van der Waals surface area (Å²) in [6.45, 7) is 3.97. The zero-order valence-electron chi connectivity index (χ0n) is 20.9. The van der Waals surface area contributed by atoms with Gasteiger partial charge in [0.05, 0.1) is 10.6 Å². The Bertz CT molecular complexity index is 1410. The van der Waals surface area contributed by atoms with Crippen LogP contribution in [0.15, 0.2) is 114 Å². The Balaban J connectivity index is 1.42. The second kappa shape index (κ2) is 11.8. The van der Waals surface area contributed by atoms with Crippen LogP contribution in [0.3, 0.4) is 0 Å². The van der Waals surface area contributed by atoms with E-state index in [4.69, 9.17) is 4.74 Å². The molecule has 4 aromatic carbocycles. The maximum Gasteiger partial charge on any atom is 0.265 e. The van der Waals surface area contributed by atoms with Gasteiger partial charge in [0.15, 0.2) is 6.10 Å². The SMILES string of the molecule is CCC(Oc1ccc(-c2ccccc2)cc1)C(=O)Nc1ccc(S(=O)(=O)N(CC)c2ccccc2)cc1. The van der Waals surface area contributed by atoms with E-state index < -0.39 is 16.1 Å². The van der Waals surface area contributed by atoms with Gasteiger partial charge in [-0.1, -0.05) is 67.6 Å². The minimum Gasteiger partial charge on any atom is -0.481 e. The van der Waals surface area contributed by atoms with Crippen molar-refractivity contribution in [2.45, 2.75) is 31.3 Å². The molecule has 0 radical (unpaired) electrons. The number of sulfonamides is 1. The fourth-order valence-electron chi connectivity index (χ4n) is 3.99. The van der Waals surface area contributed by atoms with Crippen molar-refractivity contribution < 1.29 is 17.9 Å². The molecule has 0 aliphatic heterocycles. The molecule has 1 atom stereocenters. The summed E-state index contributed by atoms with van der Waals surface area (Å²) in [5.74, 6) is 0.299. The highest BCUT2D eigenvalue weighted by Crippen LogP contribution is 2.25. The normalized spacial score (nSPS) is 11.9. The maximum absolute atomic E-state index is 13.2. The first-order chi connectivity index (χ1) is 17.9.